The van der Waals surface area contributed by atoms with Gasteiger partial charge in [-0.25, -0.2) is 15.0 Å². The number of aromatic hydroxyl groups is 3. The van der Waals surface area contributed by atoms with Crippen molar-refractivity contribution in [3.05, 3.63) is 107 Å². The first-order valence-corrected chi connectivity index (χ1v) is 13.2. The fourth-order valence-electron chi connectivity index (χ4n) is 4.54. The Kier molecular flexibility index (Phi) is 10.8. The molecule has 0 unspecified atom stereocenters. The van der Waals surface area contributed by atoms with Crippen LogP contribution >= 0.6 is 0 Å². The molecule has 6 aromatic rings. The second-order valence-corrected chi connectivity index (χ2v) is 9.94. The van der Waals surface area contributed by atoms with Crippen LogP contribution in [0.25, 0.3) is 32.7 Å². The molecule has 6 rings (SSSR count). The average Bonchev–Trinajstić information content (AvgIpc) is 2.96. The number of phenolic OH excluding ortho intramolecular Hbond substituents is 3. The molecule has 0 saturated carbocycles. The number of pyridine rings is 3. The van der Waals surface area contributed by atoms with Crippen LogP contribution in [0.2, 0.25) is 0 Å². The van der Waals surface area contributed by atoms with Crippen molar-refractivity contribution < 1.29 is 45.0 Å². The first-order chi connectivity index (χ1) is 21.2. The SMILES string of the molecule is Cc1cc(O)cc2nc(C(=O)[O-])ccc12.Cc1cc(O)cc2nc(C(=O)[O-])ccc12.Cc1cc(O)cc2nc(C(=O)[O-])ccc12.[Al+3]. The van der Waals surface area contributed by atoms with E-state index in [9.17, 15) is 45.0 Å². The number of benzene rings is 3. The molecule has 0 spiro atoms. The van der Waals surface area contributed by atoms with Crippen LogP contribution in [0, 0.1) is 20.8 Å². The molecule has 3 aromatic heterocycles. The van der Waals surface area contributed by atoms with Crippen LogP contribution in [-0.4, -0.2) is 65.5 Å². The van der Waals surface area contributed by atoms with Crippen molar-refractivity contribution in [2.24, 2.45) is 0 Å². The number of carboxylic acids is 3. The van der Waals surface area contributed by atoms with Crippen LogP contribution in [0.4, 0.5) is 0 Å². The van der Waals surface area contributed by atoms with E-state index in [1.54, 1.807) is 36.4 Å². The van der Waals surface area contributed by atoms with Gasteiger partial charge in [-0.1, -0.05) is 18.2 Å². The molecular weight excluding hydrogens is 609 g/mol. The third-order valence-electron chi connectivity index (χ3n) is 6.62. The second-order valence-electron chi connectivity index (χ2n) is 9.94. The molecule has 12 nitrogen and oxygen atoms in total. The van der Waals surface area contributed by atoms with E-state index in [2.05, 4.69) is 15.0 Å². The molecule has 3 N–H and O–H groups in total. The van der Waals surface area contributed by atoms with Gasteiger partial charge >= 0.3 is 17.4 Å². The fraction of sp³-hybridized carbons (Fsp3) is 0.0909. The summed E-state index contributed by atoms with van der Waals surface area (Å²) in [6, 6.07) is 18.2. The molecule has 0 aliphatic rings. The van der Waals surface area contributed by atoms with Crippen LogP contribution in [0.3, 0.4) is 0 Å². The number of nitrogens with zero attached hydrogens (tertiary/aromatic N) is 3. The van der Waals surface area contributed by atoms with Gasteiger partial charge in [0, 0.05) is 34.4 Å². The number of rotatable bonds is 3. The number of carbonyl (C=O) groups excluding carboxylic acids is 3. The van der Waals surface area contributed by atoms with Crippen LogP contribution in [0.5, 0.6) is 17.2 Å². The Morgan fingerprint density at radius 2 is 0.717 bits per heavy atom. The summed E-state index contributed by atoms with van der Waals surface area (Å²) in [5.41, 5.74) is 3.51. The zero-order chi connectivity index (χ0) is 33.0. The van der Waals surface area contributed by atoms with Crippen LogP contribution < -0.4 is 15.3 Å². The number of phenols is 3. The van der Waals surface area contributed by atoms with Gasteiger partial charge in [0.1, 0.15) is 17.2 Å². The topological polar surface area (TPSA) is 220 Å². The van der Waals surface area contributed by atoms with Crippen molar-refractivity contribution in [1.29, 1.82) is 0 Å². The van der Waals surface area contributed by atoms with Crippen molar-refractivity contribution in [3.8, 4) is 17.2 Å². The van der Waals surface area contributed by atoms with Gasteiger partial charge in [-0.3, -0.25) is 0 Å². The summed E-state index contributed by atoms with van der Waals surface area (Å²) < 4.78 is 0. The summed E-state index contributed by atoms with van der Waals surface area (Å²) in [6.45, 7) is 5.47. The van der Waals surface area contributed by atoms with E-state index in [4.69, 9.17) is 0 Å². The molecular formula is C33H24AlN3O9. The molecule has 0 saturated heterocycles. The number of aromatic carboxylic acids is 3. The molecule has 0 atom stereocenters. The minimum absolute atomic E-state index is 0. The van der Waals surface area contributed by atoms with Crippen molar-refractivity contribution in [1.82, 2.24) is 15.0 Å². The summed E-state index contributed by atoms with van der Waals surface area (Å²) in [7, 11) is 0. The Hall–Kier alpha value is -5.77. The number of aryl methyl sites for hydroxylation is 3. The standard InChI is InChI=1S/3C11H9NO3.Al/c3*1-6-4-7(13)5-10-8(6)2-3-9(12-10)11(14)15;/h3*2-5,13H,1H3,(H,14,15);/q;;;+3/p-3. The van der Waals surface area contributed by atoms with Gasteiger partial charge in [0.15, 0.2) is 0 Å². The van der Waals surface area contributed by atoms with Crippen molar-refractivity contribution >= 4 is 68.0 Å². The summed E-state index contributed by atoms with van der Waals surface area (Å²) in [5.74, 6) is -3.75. The summed E-state index contributed by atoms with van der Waals surface area (Å²) in [6.07, 6.45) is 0. The Morgan fingerprint density at radius 1 is 0.478 bits per heavy atom. The normalized spacial score (nSPS) is 10.2. The van der Waals surface area contributed by atoms with Crippen LogP contribution in [-0.2, 0) is 0 Å². The number of hydrogen-bond acceptors (Lipinski definition) is 12. The summed E-state index contributed by atoms with van der Waals surface area (Å²) >= 11 is 0. The van der Waals surface area contributed by atoms with Crippen molar-refractivity contribution in [2.75, 3.05) is 0 Å². The Morgan fingerprint density at radius 3 is 0.935 bits per heavy atom. The predicted molar refractivity (Wildman–Crippen MR) is 163 cm³/mol. The van der Waals surface area contributed by atoms with Gasteiger partial charge in [0.25, 0.3) is 0 Å². The fourth-order valence-corrected chi connectivity index (χ4v) is 4.54. The van der Waals surface area contributed by atoms with Gasteiger partial charge in [-0.05, 0) is 73.9 Å². The number of carbonyl (C=O) groups is 3. The minimum Gasteiger partial charge on any atom is -0.543 e. The third-order valence-corrected chi connectivity index (χ3v) is 6.62. The van der Waals surface area contributed by atoms with Crippen LogP contribution in [0.1, 0.15) is 48.2 Å². The molecule has 0 aliphatic heterocycles. The van der Waals surface area contributed by atoms with E-state index in [1.807, 2.05) is 20.8 Å². The zero-order valence-electron chi connectivity index (χ0n) is 24.6. The molecule has 0 bridgehead atoms. The van der Waals surface area contributed by atoms with Gasteiger partial charge in [0.05, 0.1) is 51.5 Å². The number of hydrogen-bond donors (Lipinski definition) is 3. The monoisotopic (exact) mass is 633 g/mol. The second kappa shape index (κ2) is 14.3. The predicted octanol–water partition coefficient (Wildman–Crippen LogP) is 1.46. The molecule has 0 radical (unpaired) electrons. The molecule has 3 heterocycles. The molecule has 3 aromatic carbocycles. The molecule has 0 amide bonds. The molecule has 13 heteroatoms. The van der Waals surface area contributed by atoms with E-state index < -0.39 is 17.9 Å². The first kappa shape index (κ1) is 34.7. The van der Waals surface area contributed by atoms with Crippen molar-refractivity contribution in [3.63, 3.8) is 0 Å². The van der Waals surface area contributed by atoms with E-state index >= 15 is 0 Å². The number of carboxylic acid groups (broad SMARTS) is 3. The van der Waals surface area contributed by atoms with Crippen molar-refractivity contribution in [2.45, 2.75) is 20.8 Å². The smallest absolute Gasteiger partial charge is 0.543 e. The van der Waals surface area contributed by atoms with E-state index in [0.717, 1.165) is 32.8 Å². The maximum atomic E-state index is 10.6. The van der Waals surface area contributed by atoms with E-state index in [1.165, 1.54) is 36.4 Å². The minimum atomic E-state index is -1.32. The maximum absolute atomic E-state index is 10.6. The molecule has 46 heavy (non-hydrogen) atoms. The number of aromatic nitrogens is 3. The van der Waals surface area contributed by atoms with Gasteiger partial charge in [0.2, 0.25) is 0 Å². The Balaban J connectivity index is 0.000000186. The Labute approximate surface area is 272 Å². The van der Waals surface area contributed by atoms with Gasteiger partial charge in [-0.2, -0.15) is 0 Å². The maximum Gasteiger partial charge on any atom is 3.00 e. The van der Waals surface area contributed by atoms with Crippen LogP contribution in [0.15, 0.2) is 72.8 Å². The molecule has 0 aliphatic carbocycles. The summed E-state index contributed by atoms with van der Waals surface area (Å²) in [5, 5.41) is 62.2. The Bertz CT molecular complexity index is 1890. The first-order valence-electron chi connectivity index (χ1n) is 13.2. The molecule has 0 fully saturated rings. The average molecular weight is 634 g/mol. The third kappa shape index (κ3) is 8.03. The quantitative estimate of drug-likeness (QED) is 0.236. The zero-order valence-corrected chi connectivity index (χ0v) is 25.8. The largest absolute Gasteiger partial charge is 3.00 e. The number of fused-ring (bicyclic) bond motifs is 3. The van der Waals surface area contributed by atoms with E-state index in [0.29, 0.717) is 16.6 Å². The summed E-state index contributed by atoms with van der Waals surface area (Å²) in [4.78, 5) is 43.4. The van der Waals surface area contributed by atoms with Gasteiger partial charge < -0.3 is 45.0 Å². The van der Waals surface area contributed by atoms with E-state index in [-0.39, 0.29) is 51.7 Å². The van der Waals surface area contributed by atoms with Gasteiger partial charge in [-0.15, -0.1) is 0 Å². The molecule has 228 valence electrons.